The molecule has 0 spiro atoms. The number of aromatic carboxylic acids is 1. The average molecular weight is 298 g/mol. The molecule has 0 atom stereocenters. The van der Waals surface area contributed by atoms with Gasteiger partial charge in [0.2, 0.25) is 0 Å². The van der Waals surface area contributed by atoms with Crippen LogP contribution < -0.4 is 0 Å². The zero-order chi connectivity index (χ0) is 12.6. The van der Waals surface area contributed by atoms with E-state index < -0.39 is 11.9 Å². The van der Waals surface area contributed by atoms with Crippen molar-refractivity contribution in [1.82, 2.24) is 4.57 Å². The molecule has 0 saturated carbocycles. The fourth-order valence-electron chi connectivity index (χ4n) is 1.72. The summed E-state index contributed by atoms with van der Waals surface area (Å²) in [5.74, 6) is -2.08. The molecule has 0 aliphatic rings. The van der Waals surface area contributed by atoms with Crippen molar-refractivity contribution >= 4 is 38.8 Å². The van der Waals surface area contributed by atoms with E-state index in [4.69, 9.17) is 10.2 Å². The number of carboxylic acid groups (broad SMARTS) is 2. The van der Waals surface area contributed by atoms with Crippen LogP contribution in [0.5, 0.6) is 0 Å². The van der Waals surface area contributed by atoms with Gasteiger partial charge in [0.25, 0.3) is 0 Å². The van der Waals surface area contributed by atoms with Gasteiger partial charge in [0.15, 0.2) is 0 Å². The van der Waals surface area contributed by atoms with Crippen LogP contribution in [0.15, 0.2) is 28.9 Å². The van der Waals surface area contributed by atoms with Crippen LogP contribution in [0.4, 0.5) is 0 Å². The van der Waals surface area contributed by atoms with Crippen molar-refractivity contribution in [2.75, 3.05) is 0 Å². The minimum Gasteiger partial charge on any atom is -0.480 e. The first kappa shape index (κ1) is 11.7. The van der Waals surface area contributed by atoms with E-state index in [1.54, 1.807) is 18.2 Å². The molecule has 1 aromatic heterocycles. The van der Waals surface area contributed by atoms with Crippen molar-refractivity contribution in [3.63, 3.8) is 0 Å². The van der Waals surface area contributed by atoms with Gasteiger partial charge in [0, 0.05) is 21.6 Å². The van der Waals surface area contributed by atoms with Gasteiger partial charge in [0.1, 0.15) is 6.54 Å². The highest BCUT2D eigenvalue weighted by Gasteiger charge is 2.15. The molecule has 17 heavy (non-hydrogen) atoms. The second-order valence-electron chi connectivity index (χ2n) is 3.53. The average Bonchev–Trinajstić information content (AvgIpc) is 2.55. The normalized spacial score (nSPS) is 10.6. The largest absolute Gasteiger partial charge is 0.480 e. The zero-order valence-electron chi connectivity index (χ0n) is 8.55. The minimum absolute atomic E-state index is 0.0996. The molecule has 2 rings (SSSR count). The molecular weight excluding hydrogens is 290 g/mol. The van der Waals surface area contributed by atoms with E-state index in [2.05, 4.69) is 15.9 Å². The maximum Gasteiger partial charge on any atom is 0.337 e. The molecule has 0 unspecified atom stereocenters. The lowest BCUT2D eigenvalue weighted by molar-refractivity contribution is -0.137. The van der Waals surface area contributed by atoms with Crippen LogP contribution in [0.25, 0.3) is 10.9 Å². The number of aromatic nitrogens is 1. The maximum absolute atomic E-state index is 11.0. The standard InChI is InChI=1S/C11H8BrNO4/c12-6-1-2-9-7(3-6)8(11(16)17)4-13(9)5-10(14)15/h1-4H,5H2,(H,14,15)(H,16,17). The maximum atomic E-state index is 11.0. The third kappa shape index (κ3) is 2.16. The summed E-state index contributed by atoms with van der Waals surface area (Å²) >= 11 is 3.26. The van der Waals surface area contributed by atoms with Crippen molar-refractivity contribution in [2.45, 2.75) is 6.54 Å². The fourth-order valence-corrected chi connectivity index (χ4v) is 2.08. The number of halogens is 1. The summed E-state index contributed by atoms with van der Waals surface area (Å²) in [7, 11) is 0. The summed E-state index contributed by atoms with van der Waals surface area (Å²) in [5, 5.41) is 18.3. The van der Waals surface area contributed by atoms with Gasteiger partial charge < -0.3 is 14.8 Å². The van der Waals surface area contributed by atoms with Crippen LogP contribution in [0.3, 0.4) is 0 Å². The number of benzene rings is 1. The summed E-state index contributed by atoms with van der Waals surface area (Å²) in [4.78, 5) is 21.7. The molecule has 2 N–H and O–H groups in total. The third-order valence-corrected chi connectivity index (χ3v) is 2.87. The second kappa shape index (κ2) is 4.21. The Labute approximate surface area is 104 Å². The van der Waals surface area contributed by atoms with Gasteiger partial charge >= 0.3 is 11.9 Å². The van der Waals surface area contributed by atoms with E-state index in [1.807, 2.05) is 0 Å². The number of hydrogen-bond acceptors (Lipinski definition) is 2. The predicted molar refractivity (Wildman–Crippen MR) is 64.2 cm³/mol. The van der Waals surface area contributed by atoms with Crippen molar-refractivity contribution in [3.8, 4) is 0 Å². The molecule has 0 aliphatic carbocycles. The van der Waals surface area contributed by atoms with Gasteiger partial charge in [-0.1, -0.05) is 15.9 Å². The summed E-state index contributed by atoms with van der Waals surface area (Å²) in [5.41, 5.74) is 0.690. The number of aliphatic carboxylic acids is 1. The molecule has 0 amide bonds. The fraction of sp³-hybridized carbons (Fsp3) is 0.0909. The van der Waals surface area contributed by atoms with Crippen LogP contribution in [0.1, 0.15) is 10.4 Å². The summed E-state index contributed by atoms with van der Waals surface area (Å²) in [6.07, 6.45) is 1.34. The van der Waals surface area contributed by atoms with Crippen molar-refractivity contribution in [1.29, 1.82) is 0 Å². The molecule has 88 valence electrons. The summed E-state index contributed by atoms with van der Waals surface area (Å²) < 4.78 is 2.16. The molecule has 0 fully saturated rings. The van der Waals surface area contributed by atoms with Crippen molar-refractivity contribution in [2.24, 2.45) is 0 Å². The lowest BCUT2D eigenvalue weighted by Crippen LogP contribution is -2.07. The first-order chi connectivity index (χ1) is 7.99. The molecule has 5 nitrogen and oxygen atoms in total. The number of carboxylic acids is 2. The molecule has 1 heterocycles. The molecule has 1 aromatic carbocycles. The number of fused-ring (bicyclic) bond motifs is 1. The molecule has 0 bridgehead atoms. The van der Waals surface area contributed by atoms with E-state index in [0.717, 1.165) is 4.47 Å². The Hall–Kier alpha value is -1.82. The van der Waals surface area contributed by atoms with E-state index in [1.165, 1.54) is 10.8 Å². The molecule has 2 aromatic rings. The Kier molecular flexibility index (Phi) is 2.89. The highest BCUT2D eigenvalue weighted by Crippen LogP contribution is 2.25. The van der Waals surface area contributed by atoms with Crippen LogP contribution in [-0.4, -0.2) is 26.7 Å². The number of carbonyl (C=O) groups is 2. The Morgan fingerprint density at radius 2 is 2.00 bits per heavy atom. The number of hydrogen-bond donors (Lipinski definition) is 2. The van der Waals surface area contributed by atoms with E-state index >= 15 is 0 Å². The van der Waals surface area contributed by atoms with Gasteiger partial charge in [-0.25, -0.2) is 4.79 Å². The van der Waals surface area contributed by atoms with E-state index in [-0.39, 0.29) is 12.1 Å². The topological polar surface area (TPSA) is 79.5 Å². The highest BCUT2D eigenvalue weighted by molar-refractivity contribution is 9.10. The monoisotopic (exact) mass is 297 g/mol. The van der Waals surface area contributed by atoms with Crippen LogP contribution in [0.2, 0.25) is 0 Å². The van der Waals surface area contributed by atoms with Crippen molar-refractivity contribution < 1.29 is 19.8 Å². The van der Waals surface area contributed by atoms with Gasteiger partial charge in [-0.2, -0.15) is 0 Å². The van der Waals surface area contributed by atoms with Gasteiger partial charge in [-0.05, 0) is 18.2 Å². The Balaban J connectivity index is 2.70. The van der Waals surface area contributed by atoms with Gasteiger partial charge in [-0.15, -0.1) is 0 Å². The summed E-state index contributed by atoms with van der Waals surface area (Å²) in [6.45, 7) is -0.259. The van der Waals surface area contributed by atoms with E-state index in [0.29, 0.717) is 10.9 Å². The minimum atomic E-state index is -1.07. The molecule has 0 saturated heterocycles. The second-order valence-corrected chi connectivity index (χ2v) is 4.45. The quantitative estimate of drug-likeness (QED) is 0.910. The Morgan fingerprint density at radius 3 is 2.59 bits per heavy atom. The zero-order valence-corrected chi connectivity index (χ0v) is 10.1. The molecule has 0 radical (unpaired) electrons. The third-order valence-electron chi connectivity index (χ3n) is 2.38. The Morgan fingerprint density at radius 1 is 1.29 bits per heavy atom. The summed E-state index contributed by atoms with van der Waals surface area (Å²) in [6, 6.07) is 5.10. The first-order valence-electron chi connectivity index (χ1n) is 4.72. The number of nitrogens with zero attached hydrogens (tertiary/aromatic N) is 1. The van der Waals surface area contributed by atoms with Crippen LogP contribution in [0, 0.1) is 0 Å². The highest BCUT2D eigenvalue weighted by atomic mass is 79.9. The SMILES string of the molecule is O=C(O)Cn1cc(C(=O)O)c2cc(Br)ccc21. The van der Waals surface area contributed by atoms with Gasteiger partial charge in [0.05, 0.1) is 5.56 Å². The Bertz CT molecular complexity index is 617. The van der Waals surface area contributed by atoms with Crippen LogP contribution in [-0.2, 0) is 11.3 Å². The molecular formula is C11H8BrNO4. The van der Waals surface area contributed by atoms with Crippen LogP contribution >= 0.6 is 15.9 Å². The predicted octanol–water partition coefficient (Wildman–Crippen LogP) is 2.19. The lowest BCUT2D eigenvalue weighted by atomic mass is 10.2. The number of rotatable bonds is 3. The molecule has 6 heteroatoms. The van der Waals surface area contributed by atoms with Crippen molar-refractivity contribution in [3.05, 3.63) is 34.4 Å². The molecule has 0 aliphatic heterocycles. The lowest BCUT2D eigenvalue weighted by Gasteiger charge is -2.00. The smallest absolute Gasteiger partial charge is 0.337 e. The van der Waals surface area contributed by atoms with E-state index in [9.17, 15) is 9.59 Å². The first-order valence-corrected chi connectivity index (χ1v) is 5.52. The van der Waals surface area contributed by atoms with Gasteiger partial charge in [-0.3, -0.25) is 4.79 Å².